The Kier molecular flexibility index (Phi) is 4.26. The molecule has 0 atom stereocenters. The first-order valence-electron chi connectivity index (χ1n) is 5.66. The quantitative estimate of drug-likeness (QED) is 0.812. The molecular weight excluding hydrogens is 259 g/mol. The molecule has 1 aliphatic heterocycles. The number of rotatable bonds is 3. The molecule has 1 aliphatic rings. The van der Waals surface area contributed by atoms with Crippen molar-refractivity contribution in [2.75, 3.05) is 26.2 Å². The number of carbonyl (C=O) groups excluding carboxylic acids is 1. The number of piperazine rings is 1. The number of amides is 1. The van der Waals surface area contributed by atoms with Crippen molar-refractivity contribution in [2.24, 2.45) is 0 Å². The summed E-state index contributed by atoms with van der Waals surface area (Å²) in [6, 6.07) is 5.76. The van der Waals surface area contributed by atoms with Crippen LogP contribution in [0.25, 0.3) is 0 Å². The number of benzene rings is 1. The largest absolute Gasteiger partial charge is 0.334 e. The normalized spacial score (nSPS) is 17.2. The summed E-state index contributed by atoms with van der Waals surface area (Å²) in [4.78, 5) is 13.9. The van der Waals surface area contributed by atoms with Crippen LogP contribution < -0.4 is 4.90 Å². The molecular formula is C12H15Cl2N2O+. The zero-order valence-electron chi connectivity index (χ0n) is 9.46. The van der Waals surface area contributed by atoms with Gasteiger partial charge in [0.25, 0.3) is 0 Å². The van der Waals surface area contributed by atoms with Gasteiger partial charge >= 0.3 is 0 Å². The van der Waals surface area contributed by atoms with Gasteiger partial charge in [0.05, 0.1) is 36.2 Å². The highest BCUT2D eigenvalue weighted by Crippen LogP contribution is 2.22. The van der Waals surface area contributed by atoms with Crippen molar-refractivity contribution in [3.63, 3.8) is 0 Å². The minimum Gasteiger partial charge on any atom is -0.334 e. The highest BCUT2D eigenvalue weighted by Gasteiger charge is 2.18. The Balaban J connectivity index is 1.93. The molecule has 3 nitrogen and oxygen atoms in total. The average molecular weight is 274 g/mol. The fourth-order valence-electron chi connectivity index (χ4n) is 2.06. The number of nitrogens with zero attached hydrogens (tertiary/aromatic N) is 1. The van der Waals surface area contributed by atoms with Crippen molar-refractivity contribution < 1.29 is 9.69 Å². The summed E-state index contributed by atoms with van der Waals surface area (Å²) in [5.74, 6) is 0. The predicted molar refractivity (Wildman–Crippen MR) is 68.5 cm³/mol. The fraction of sp³-hybridized carbons (Fsp3) is 0.417. The number of carbonyl (C=O) groups is 1. The lowest BCUT2D eigenvalue weighted by Gasteiger charge is -2.29. The van der Waals surface area contributed by atoms with Crippen molar-refractivity contribution >= 4 is 29.6 Å². The van der Waals surface area contributed by atoms with E-state index in [9.17, 15) is 4.79 Å². The lowest BCUT2D eigenvalue weighted by molar-refractivity contribution is -0.917. The van der Waals surface area contributed by atoms with Crippen molar-refractivity contribution in [3.05, 3.63) is 33.8 Å². The van der Waals surface area contributed by atoms with Crippen LogP contribution in [0.3, 0.4) is 0 Å². The molecule has 0 bridgehead atoms. The van der Waals surface area contributed by atoms with Crippen molar-refractivity contribution in [1.29, 1.82) is 0 Å². The van der Waals surface area contributed by atoms with E-state index in [2.05, 4.69) is 0 Å². The number of hydrogen-bond donors (Lipinski definition) is 1. The molecule has 0 aliphatic carbocycles. The first-order valence-corrected chi connectivity index (χ1v) is 6.41. The highest BCUT2D eigenvalue weighted by molar-refractivity contribution is 6.41. The molecule has 0 saturated carbocycles. The Morgan fingerprint density at radius 1 is 1.24 bits per heavy atom. The van der Waals surface area contributed by atoms with Crippen molar-refractivity contribution in [2.45, 2.75) is 6.54 Å². The molecule has 1 aromatic carbocycles. The summed E-state index contributed by atoms with van der Waals surface area (Å²) in [6.07, 6.45) is 0.927. The van der Waals surface area contributed by atoms with Gasteiger partial charge < -0.3 is 9.80 Å². The van der Waals surface area contributed by atoms with E-state index in [4.69, 9.17) is 23.2 Å². The van der Waals surface area contributed by atoms with Gasteiger partial charge in [0, 0.05) is 5.56 Å². The first kappa shape index (κ1) is 12.7. The zero-order chi connectivity index (χ0) is 12.3. The van der Waals surface area contributed by atoms with Crippen LogP contribution in [-0.2, 0) is 11.3 Å². The SMILES string of the molecule is O=CN1CC[NH+](Cc2ccc(Cl)c(Cl)c2)CC1. The first-order chi connectivity index (χ1) is 8.19. The van der Waals surface area contributed by atoms with E-state index in [0.717, 1.165) is 39.1 Å². The van der Waals surface area contributed by atoms with Gasteiger partial charge in [-0.1, -0.05) is 29.3 Å². The molecule has 92 valence electrons. The maximum absolute atomic E-state index is 10.6. The Bertz CT molecular complexity index is 403. The summed E-state index contributed by atoms with van der Waals surface area (Å²) in [6.45, 7) is 4.57. The van der Waals surface area contributed by atoms with Crippen LogP contribution in [0.15, 0.2) is 18.2 Å². The molecule has 1 N–H and O–H groups in total. The number of halogens is 2. The second kappa shape index (κ2) is 5.71. The fourth-order valence-corrected chi connectivity index (χ4v) is 2.38. The van der Waals surface area contributed by atoms with E-state index in [-0.39, 0.29) is 0 Å². The van der Waals surface area contributed by atoms with Crippen LogP contribution in [0.2, 0.25) is 10.0 Å². The van der Waals surface area contributed by atoms with Crippen LogP contribution in [0.4, 0.5) is 0 Å². The van der Waals surface area contributed by atoms with Crippen molar-refractivity contribution in [1.82, 2.24) is 4.90 Å². The topological polar surface area (TPSA) is 24.8 Å². The third-order valence-corrected chi connectivity index (χ3v) is 3.83. The van der Waals surface area contributed by atoms with Gasteiger partial charge in [-0.15, -0.1) is 0 Å². The lowest BCUT2D eigenvalue weighted by Crippen LogP contribution is -3.13. The third kappa shape index (κ3) is 3.35. The minimum absolute atomic E-state index is 0.594. The third-order valence-electron chi connectivity index (χ3n) is 3.09. The van der Waals surface area contributed by atoms with E-state index in [1.165, 1.54) is 10.5 Å². The Labute approximate surface area is 111 Å². The molecule has 0 aromatic heterocycles. The Morgan fingerprint density at radius 2 is 1.94 bits per heavy atom. The van der Waals surface area contributed by atoms with Gasteiger partial charge in [-0.25, -0.2) is 0 Å². The maximum atomic E-state index is 10.6. The second-order valence-corrected chi connectivity index (χ2v) is 5.13. The summed E-state index contributed by atoms with van der Waals surface area (Å²) in [7, 11) is 0. The smallest absolute Gasteiger partial charge is 0.210 e. The number of hydrogen-bond acceptors (Lipinski definition) is 1. The zero-order valence-corrected chi connectivity index (χ0v) is 11.0. The molecule has 0 unspecified atom stereocenters. The highest BCUT2D eigenvalue weighted by atomic mass is 35.5. The van der Waals surface area contributed by atoms with E-state index >= 15 is 0 Å². The lowest BCUT2D eigenvalue weighted by atomic mass is 10.2. The van der Waals surface area contributed by atoms with Crippen LogP contribution in [-0.4, -0.2) is 37.5 Å². The second-order valence-electron chi connectivity index (χ2n) is 4.32. The summed E-state index contributed by atoms with van der Waals surface area (Å²) in [5.41, 5.74) is 1.19. The summed E-state index contributed by atoms with van der Waals surface area (Å²) in [5, 5.41) is 1.20. The Hall–Kier alpha value is -0.770. The van der Waals surface area contributed by atoms with Crippen molar-refractivity contribution in [3.8, 4) is 0 Å². The molecule has 2 rings (SSSR count). The average Bonchev–Trinajstić information content (AvgIpc) is 2.35. The Morgan fingerprint density at radius 3 is 2.53 bits per heavy atom. The van der Waals surface area contributed by atoms with E-state index in [0.29, 0.717) is 10.0 Å². The van der Waals surface area contributed by atoms with E-state index in [1.807, 2.05) is 23.1 Å². The molecule has 1 fully saturated rings. The van der Waals surface area contributed by atoms with Gasteiger partial charge in [-0.05, 0) is 12.1 Å². The minimum atomic E-state index is 0.594. The molecule has 0 spiro atoms. The number of nitrogens with one attached hydrogen (secondary N) is 1. The van der Waals surface area contributed by atoms with Crippen LogP contribution in [0.5, 0.6) is 0 Å². The monoisotopic (exact) mass is 273 g/mol. The maximum Gasteiger partial charge on any atom is 0.210 e. The molecule has 5 heteroatoms. The van der Waals surface area contributed by atoms with Crippen LogP contribution in [0, 0.1) is 0 Å². The molecule has 1 amide bonds. The summed E-state index contributed by atoms with van der Waals surface area (Å²) < 4.78 is 0. The van der Waals surface area contributed by atoms with Gasteiger partial charge in [0.2, 0.25) is 6.41 Å². The van der Waals surface area contributed by atoms with Crippen LogP contribution >= 0.6 is 23.2 Å². The van der Waals surface area contributed by atoms with E-state index in [1.54, 1.807) is 0 Å². The standard InChI is InChI=1S/C12H14Cl2N2O/c13-11-2-1-10(7-12(11)14)8-15-3-5-16(9-17)6-4-15/h1-2,7,9H,3-6,8H2/p+1. The van der Waals surface area contributed by atoms with Gasteiger partial charge in [0.1, 0.15) is 6.54 Å². The van der Waals surface area contributed by atoms with Gasteiger partial charge in [-0.3, -0.25) is 4.79 Å². The predicted octanol–water partition coefficient (Wildman–Crippen LogP) is 0.850. The van der Waals surface area contributed by atoms with Gasteiger partial charge in [0.15, 0.2) is 0 Å². The number of quaternary nitrogens is 1. The molecule has 1 aromatic rings. The molecule has 1 heterocycles. The molecule has 1 saturated heterocycles. The van der Waals surface area contributed by atoms with E-state index < -0.39 is 0 Å². The summed E-state index contributed by atoms with van der Waals surface area (Å²) >= 11 is 11.9. The molecule has 0 radical (unpaired) electrons. The van der Waals surface area contributed by atoms with Gasteiger partial charge in [-0.2, -0.15) is 0 Å². The molecule has 17 heavy (non-hydrogen) atoms. The van der Waals surface area contributed by atoms with Crippen LogP contribution in [0.1, 0.15) is 5.56 Å².